The Morgan fingerprint density at radius 2 is 2.17 bits per heavy atom. The van der Waals surface area contributed by atoms with Gasteiger partial charge in [0.15, 0.2) is 0 Å². The molecule has 0 spiro atoms. The van der Waals surface area contributed by atoms with Gasteiger partial charge in [0.25, 0.3) is 5.91 Å². The van der Waals surface area contributed by atoms with E-state index in [2.05, 4.69) is 15.6 Å². The quantitative estimate of drug-likeness (QED) is 0.657. The summed E-state index contributed by atoms with van der Waals surface area (Å²) in [5, 5.41) is 5.31. The van der Waals surface area contributed by atoms with Crippen LogP contribution in [-0.2, 0) is 11.3 Å². The Labute approximate surface area is 105 Å². The standard InChI is InChI=1S/C12H16N4O2/c13-5-8-1-4-10(14-6-8)12(18)15-7-11(17)16-9-2-3-9/h1,4,6,9H,2-3,5,7,13H2,(H,15,18)(H,16,17). The van der Waals surface area contributed by atoms with Gasteiger partial charge >= 0.3 is 0 Å². The molecule has 0 aliphatic heterocycles. The lowest BCUT2D eigenvalue weighted by molar-refractivity contribution is -0.120. The van der Waals surface area contributed by atoms with Crippen LogP contribution in [0.5, 0.6) is 0 Å². The van der Waals surface area contributed by atoms with Gasteiger partial charge in [0, 0.05) is 18.8 Å². The third-order valence-corrected chi connectivity index (χ3v) is 2.65. The molecule has 6 nitrogen and oxygen atoms in total. The highest BCUT2D eigenvalue weighted by Crippen LogP contribution is 2.18. The molecule has 18 heavy (non-hydrogen) atoms. The van der Waals surface area contributed by atoms with Crippen molar-refractivity contribution in [3.63, 3.8) is 0 Å². The number of amides is 2. The summed E-state index contributed by atoms with van der Waals surface area (Å²) in [5.74, 6) is -0.519. The molecule has 1 aromatic rings. The maximum absolute atomic E-state index is 11.7. The van der Waals surface area contributed by atoms with Crippen molar-refractivity contribution in [3.05, 3.63) is 29.6 Å². The fourth-order valence-corrected chi connectivity index (χ4v) is 1.44. The summed E-state index contributed by atoms with van der Waals surface area (Å²) >= 11 is 0. The summed E-state index contributed by atoms with van der Waals surface area (Å²) < 4.78 is 0. The summed E-state index contributed by atoms with van der Waals surface area (Å²) in [4.78, 5) is 27.0. The van der Waals surface area contributed by atoms with E-state index in [1.165, 1.54) is 0 Å². The molecule has 1 aliphatic carbocycles. The Hall–Kier alpha value is -1.95. The summed E-state index contributed by atoms with van der Waals surface area (Å²) in [6, 6.07) is 3.64. The number of nitrogens with two attached hydrogens (primary N) is 1. The van der Waals surface area contributed by atoms with Gasteiger partial charge in [0.05, 0.1) is 6.54 Å². The molecule has 0 aromatic carbocycles. The minimum absolute atomic E-state index is 0.0182. The van der Waals surface area contributed by atoms with Crippen molar-refractivity contribution >= 4 is 11.8 Å². The minimum atomic E-state index is -0.357. The zero-order valence-corrected chi connectivity index (χ0v) is 9.98. The highest BCUT2D eigenvalue weighted by molar-refractivity contribution is 5.94. The summed E-state index contributed by atoms with van der Waals surface area (Å²) in [6.45, 7) is 0.369. The van der Waals surface area contributed by atoms with Crippen LogP contribution in [0.3, 0.4) is 0 Å². The van der Waals surface area contributed by atoms with Crippen molar-refractivity contribution in [3.8, 4) is 0 Å². The van der Waals surface area contributed by atoms with Crippen LogP contribution in [0, 0.1) is 0 Å². The first-order chi connectivity index (χ1) is 8.69. The highest BCUT2D eigenvalue weighted by atomic mass is 16.2. The monoisotopic (exact) mass is 248 g/mol. The molecule has 1 aliphatic rings. The number of aromatic nitrogens is 1. The first kappa shape index (κ1) is 12.5. The number of hydrogen-bond acceptors (Lipinski definition) is 4. The van der Waals surface area contributed by atoms with Gasteiger partial charge in [0.1, 0.15) is 5.69 Å². The Morgan fingerprint density at radius 3 is 2.72 bits per heavy atom. The molecule has 0 bridgehead atoms. The molecular weight excluding hydrogens is 232 g/mol. The number of hydrogen-bond donors (Lipinski definition) is 3. The fourth-order valence-electron chi connectivity index (χ4n) is 1.44. The molecule has 1 heterocycles. The van der Waals surface area contributed by atoms with Gasteiger partial charge in [0.2, 0.25) is 5.91 Å². The van der Waals surface area contributed by atoms with E-state index in [4.69, 9.17) is 5.73 Å². The van der Waals surface area contributed by atoms with Crippen LogP contribution < -0.4 is 16.4 Å². The molecule has 0 unspecified atom stereocenters. The van der Waals surface area contributed by atoms with E-state index in [0.717, 1.165) is 18.4 Å². The second-order valence-electron chi connectivity index (χ2n) is 4.28. The first-order valence-electron chi connectivity index (χ1n) is 5.91. The van der Waals surface area contributed by atoms with E-state index in [9.17, 15) is 9.59 Å². The number of rotatable bonds is 5. The molecular formula is C12H16N4O2. The SMILES string of the molecule is NCc1ccc(C(=O)NCC(=O)NC2CC2)nc1. The maximum atomic E-state index is 11.7. The average molecular weight is 248 g/mol. The van der Waals surface area contributed by atoms with Gasteiger partial charge in [-0.3, -0.25) is 14.6 Å². The second-order valence-corrected chi connectivity index (χ2v) is 4.28. The topological polar surface area (TPSA) is 97.1 Å². The highest BCUT2D eigenvalue weighted by Gasteiger charge is 2.23. The predicted molar refractivity (Wildman–Crippen MR) is 65.6 cm³/mol. The third kappa shape index (κ3) is 3.53. The summed E-state index contributed by atoms with van der Waals surface area (Å²) in [7, 11) is 0. The third-order valence-electron chi connectivity index (χ3n) is 2.65. The van der Waals surface area contributed by atoms with Gasteiger partial charge in [-0.25, -0.2) is 0 Å². The number of nitrogens with zero attached hydrogens (tertiary/aromatic N) is 1. The number of pyridine rings is 1. The van der Waals surface area contributed by atoms with Crippen molar-refractivity contribution in [2.45, 2.75) is 25.4 Å². The van der Waals surface area contributed by atoms with Crippen molar-refractivity contribution in [1.29, 1.82) is 0 Å². The van der Waals surface area contributed by atoms with Crippen LogP contribution in [0.2, 0.25) is 0 Å². The van der Waals surface area contributed by atoms with Gasteiger partial charge in [-0.15, -0.1) is 0 Å². The van der Waals surface area contributed by atoms with E-state index < -0.39 is 0 Å². The smallest absolute Gasteiger partial charge is 0.270 e. The molecule has 0 radical (unpaired) electrons. The number of carbonyl (C=O) groups is 2. The van der Waals surface area contributed by atoms with Gasteiger partial charge in [-0.2, -0.15) is 0 Å². The second kappa shape index (κ2) is 5.59. The Balaban J connectivity index is 1.80. The molecule has 1 fully saturated rings. The van der Waals surface area contributed by atoms with Crippen LogP contribution in [0.1, 0.15) is 28.9 Å². The molecule has 2 rings (SSSR count). The van der Waals surface area contributed by atoms with E-state index in [1.807, 2.05) is 0 Å². The molecule has 96 valence electrons. The molecule has 6 heteroatoms. The van der Waals surface area contributed by atoms with Crippen LogP contribution >= 0.6 is 0 Å². The lowest BCUT2D eigenvalue weighted by Gasteiger charge is -2.05. The molecule has 1 saturated carbocycles. The largest absolute Gasteiger partial charge is 0.352 e. The molecule has 1 aromatic heterocycles. The van der Waals surface area contributed by atoms with E-state index >= 15 is 0 Å². The zero-order chi connectivity index (χ0) is 13.0. The van der Waals surface area contributed by atoms with Crippen molar-refractivity contribution < 1.29 is 9.59 Å². The van der Waals surface area contributed by atoms with Crippen molar-refractivity contribution in [1.82, 2.24) is 15.6 Å². The van der Waals surface area contributed by atoms with Gasteiger partial charge in [-0.05, 0) is 24.5 Å². The lowest BCUT2D eigenvalue weighted by Crippen LogP contribution is -2.38. The van der Waals surface area contributed by atoms with Crippen molar-refractivity contribution in [2.24, 2.45) is 5.73 Å². The van der Waals surface area contributed by atoms with E-state index in [1.54, 1.807) is 18.3 Å². The molecule has 2 amide bonds. The minimum Gasteiger partial charge on any atom is -0.352 e. The lowest BCUT2D eigenvalue weighted by atomic mass is 10.2. The predicted octanol–water partition coefficient (Wildman–Crippen LogP) is -0.451. The van der Waals surface area contributed by atoms with Crippen molar-refractivity contribution in [2.75, 3.05) is 6.54 Å². The van der Waals surface area contributed by atoms with Gasteiger partial charge < -0.3 is 16.4 Å². The Morgan fingerprint density at radius 1 is 1.39 bits per heavy atom. The van der Waals surface area contributed by atoms with E-state index in [0.29, 0.717) is 12.6 Å². The summed E-state index contributed by atoms with van der Waals surface area (Å²) in [5.41, 5.74) is 6.58. The molecule has 0 saturated heterocycles. The Bertz CT molecular complexity index is 440. The average Bonchev–Trinajstić information content (AvgIpc) is 3.20. The Kier molecular flexibility index (Phi) is 3.88. The van der Waals surface area contributed by atoms with Crippen LogP contribution in [0.4, 0.5) is 0 Å². The normalized spacial score (nSPS) is 14.1. The first-order valence-corrected chi connectivity index (χ1v) is 5.91. The summed E-state index contributed by atoms with van der Waals surface area (Å²) in [6.07, 6.45) is 3.61. The van der Waals surface area contributed by atoms with Gasteiger partial charge in [-0.1, -0.05) is 6.07 Å². The van der Waals surface area contributed by atoms with Crippen LogP contribution in [0.25, 0.3) is 0 Å². The molecule has 4 N–H and O–H groups in total. The number of carbonyl (C=O) groups excluding carboxylic acids is 2. The fraction of sp³-hybridized carbons (Fsp3) is 0.417. The maximum Gasteiger partial charge on any atom is 0.270 e. The van der Waals surface area contributed by atoms with E-state index in [-0.39, 0.29) is 24.1 Å². The van der Waals surface area contributed by atoms with Crippen LogP contribution in [-0.4, -0.2) is 29.4 Å². The number of nitrogens with one attached hydrogen (secondary N) is 2. The van der Waals surface area contributed by atoms with Crippen LogP contribution in [0.15, 0.2) is 18.3 Å². The zero-order valence-electron chi connectivity index (χ0n) is 9.98. The molecule has 0 atom stereocenters.